The molecule has 0 bridgehead atoms. The second-order valence-corrected chi connectivity index (χ2v) is 6.85. The number of guanidine groups is 1. The summed E-state index contributed by atoms with van der Waals surface area (Å²) in [5, 5.41) is 9.53. The highest BCUT2D eigenvalue weighted by Crippen LogP contribution is 2.08. The Bertz CT molecular complexity index is 760. The van der Waals surface area contributed by atoms with Crippen LogP contribution in [0.2, 0.25) is 0 Å². The molecule has 0 heterocycles. The molecule has 1 amide bonds. The number of hydrogen-bond acceptors (Lipinski definition) is 3. The molecule has 2 aromatic rings. The van der Waals surface area contributed by atoms with Gasteiger partial charge < -0.3 is 20.7 Å². The molecule has 2 rings (SSSR count). The van der Waals surface area contributed by atoms with Crippen molar-refractivity contribution in [2.45, 2.75) is 39.3 Å². The molecule has 2 aromatic carbocycles. The number of benzene rings is 2. The lowest BCUT2D eigenvalue weighted by atomic mass is 10.1. The first-order chi connectivity index (χ1) is 14.1. The van der Waals surface area contributed by atoms with E-state index in [0.29, 0.717) is 18.7 Å². The fourth-order valence-electron chi connectivity index (χ4n) is 2.58. The minimum Gasteiger partial charge on any atom is -0.494 e. The molecule has 156 valence electrons. The molecule has 0 aliphatic carbocycles. The van der Waals surface area contributed by atoms with Crippen molar-refractivity contribution in [3.63, 3.8) is 0 Å². The lowest BCUT2D eigenvalue weighted by Crippen LogP contribution is -2.37. The summed E-state index contributed by atoms with van der Waals surface area (Å²) in [5.41, 5.74) is 1.76. The van der Waals surface area contributed by atoms with Crippen LogP contribution in [0.1, 0.15) is 42.6 Å². The van der Waals surface area contributed by atoms with E-state index in [1.54, 1.807) is 7.05 Å². The van der Waals surface area contributed by atoms with Crippen LogP contribution in [0.25, 0.3) is 0 Å². The third-order valence-electron chi connectivity index (χ3n) is 4.52. The van der Waals surface area contributed by atoms with E-state index >= 15 is 0 Å². The van der Waals surface area contributed by atoms with E-state index in [9.17, 15) is 4.79 Å². The van der Waals surface area contributed by atoms with Crippen LogP contribution in [-0.2, 0) is 6.54 Å². The van der Waals surface area contributed by atoms with Crippen molar-refractivity contribution in [1.29, 1.82) is 0 Å². The van der Waals surface area contributed by atoms with Gasteiger partial charge in [-0.1, -0.05) is 37.3 Å². The van der Waals surface area contributed by atoms with E-state index < -0.39 is 0 Å². The van der Waals surface area contributed by atoms with Crippen LogP contribution in [0.5, 0.6) is 5.75 Å². The first-order valence-electron chi connectivity index (χ1n) is 10.1. The summed E-state index contributed by atoms with van der Waals surface area (Å²) in [6.07, 6.45) is 1.79. The Balaban J connectivity index is 1.68. The van der Waals surface area contributed by atoms with Gasteiger partial charge in [0.15, 0.2) is 5.96 Å². The number of ether oxygens (including phenoxy) is 1. The summed E-state index contributed by atoms with van der Waals surface area (Å²) in [6.45, 7) is 6.10. The molecule has 1 unspecified atom stereocenters. The fraction of sp³-hybridized carbons (Fsp3) is 0.391. The zero-order chi connectivity index (χ0) is 20.9. The van der Waals surface area contributed by atoms with E-state index in [4.69, 9.17) is 4.74 Å². The Morgan fingerprint density at radius 3 is 2.45 bits per heavy atom. The second-order valence-electron chi connectivity index (χ2n) is 6.85. The summed E-state index contributed by atoms with van der Waals surface area (Å²) < 4.78 is 5.68. The molecule has 0 radical (unpaired) electrons. The predicted octanol–water partition coefficient (Wildman–Crippen LogP) is 3.35. The van der Waals surface area contributed by atoms with Gasteiger partial charge in [0.1, 0.15) is 5.75 Å². The first kappa shape index (κ1) is 22.3. The summed E-state index contributed by atoms with van der Waals surface area (Å²) in [6, 6.07) is 17.6. The molecule has 0 aromatic heterocycles. The van der Waals surface area contributed by atoms with Crippen molar-refractivity contribution >= 4 is 11.9 Å². The summed E-state index contributed by atoms with van der Waals surface area (Å²) >= 11 is 0. The van der Waals surface area contributed by atoms with Crippen LogP contribution >= 0.6 is 0 Å². The molecule has 1 atom stereocenters. The molecule has 0 saturated carbocycles. The van der Waals surface area contributed by atoms with Gasteiger partial charge in [0, 0.05) is 31.7 Å². The average molecular weight is 397 g/mol. The standard InChI is InChI=1S/C23H32N4O2/c1-4-18(2)27-22(28)20-13-11-19(12-14-20)17-26-23(24-3)25-15-8-16-29-21-9-6-5-7-10-21/h5-7,9-14,18H,4,8,15-17H2,1-3H3,(H,27,28)(H2,24,25,26). The van der Waals surface area contributed by atoms with Gasteiger partial charge in [-0.2, -0.15) is 0 Å². The molecule has 0 aliphatic heterocycles. The highest BCUT2D eigenvalue weighted by Gasteiger charge is 2.08. The lowest BCUT2D eigenvalue weighted by molar-refractivity contribution is 0.0939. The van der Waals surface area contributed by atoms with E-state index in [-0.39, 0.29) is 11.9 Å². The molecule has 6 nitrogen and oxygen atoms in total. The third kappa shape index (κ3) is 8.25. The lowest BCUT2D eigenvalue weighted by Gasteiger charge is -2.13. The Morgan fingerprint density at radius 1 is 1.07 bits per heavy atom. The van der Waals surface area contributed by atoms with E-state index in [1.807, 2.05) is 61.5 Å². The number of carbonyl (C=O) groups is 1. The van der Waals surface area contributed by atoms with Gasteiger partial charge in [0.05, 0.1) is 6.61 Å². The molecule has 0 fully saturated rings. The highest BCUT2D eigenvalue weighted by molar-refractivity contribution is 5.94. The van der Waals surface area contributed by atoms with E-state index in [1.165, 1.54) is 0 Å². The SMILES string of the molecule is CCC(C)NC(=O)c1ccc(CNC(=NC)NCCCOc2ccccc2)cc1. The van der Waals surface area contributed by atoms with Gasteiger partial charge in [0.25, 0.3) is 5.91 Å². The number of para-hydroxylation sites is 1. The number of nitrogens with one attached hydrogen (secondary N) is 3. The van der Waals surface area contributed by atoms with Crippen LogP contribution in [0.4, 0.5) is 0 Å². The Labute approximate surface area is 173 Å². The normalized spacial score (nSPS) is 12.2. The number of nitrogens with zero attached hydrogens (tertiary/aromatic N) is 1. The molecule has 0 saturated heterocycles. The minimum atomic E-state index is -0.0333. The zero-order valence-electron chi connectivity index (χ0n) is 17.6. The third-order valence-corrected chi connectivity index (χ3v) is 4.52. The molecular weight excluding hydrogens is 364 g/mol. The van der Waals surface area contributed by atoms with Crippen LogP contribution < -0.4 is 20.7 Å². The topological polar surface area (TPSA) is 74.8 Å². The van der Waals surface area contributed by atoms with Crippen LogP contribution in [0, 0.1) is 0 Å². The fourth-order valence-corrected chi connectivity index (χ4v) is 2.58. The Hall–Kier alpha value is -3.02. The summed E-state index contributed by atoms with van der Waals surface area (Å²) in [4.78, 5) is 16.4. The van der Waals surface area contributed by atoms with Crippen molar-refractivity contribution in [1.82, 2.24) is 16.0 Å². The van der Waals surface area contributed by atoms with Crippen LogP contribution in [0.3, 0.4) is 0 Å². The van der Waals surface area contributed by atoms with E-state index in [2.05, 4.69) is 27.9 Å². The van der Waals surface area contributed by atoms with E-state index in [0.717, 1.165) is 36.7 Å². The molecule has 0 spiro atoms. The monoisotopic (exact) mass is 396 g/mol. The van der Waals surface area contributed by atoms with Crippen molar-refractivity contribution in [2.75, 3.05) is 20.2 Å². The van der Waals surface area contributed by atoms with Gasteiger partial charge in [0.2, 0.25) is 0 Å². The zero-order valence-corrected chi connectivity index (χ0v) is 17.6. The van der Waals surface area contributed by atoms with Gasteiger partial charge >= 0.3 is 0 Å². The smallest absolute Gasteiger partial charge is 0.251 e. The maximum atomic E-state index is 12.1. The second kappa shape index (κ2) is 12.4. The largest absolute Gasteiger partial charge is 0.494 e. The van der Waals surface area contributed by atoms with Crippen molar-refractivity contribution < 1.29 is 9.53 Å². The van der Waals surface area contributed by atoms with Crippen LogP contribution in [-0.4, -0.2) is 38.1 Å². The number of hydrogen-bond donors (Lipinski definition) is 3. The Kier molecular flexibility index (Phi) is 9.55. The Morgan fingerprint density at radius 2 is 1.79 bits per heavy atom. The summed E-state index contributed by atoms with van der Waals surface area (Å²) in [7, 11) is 1.75. The van der Waals surface area contributed by atoms with Gasteiger partial charge in [-0.15, -0.1) is 0 Å². The maximum Gasteiger partial charge on any atom is 0.251 e. The highest BCUT2D eigenvalue weighted by atomic mass is 16.5. The number of rotatable bonds is 10. The van der Waals surface area contributed by atoms with Crippen molar-refractivity contribution in [2.24, 2.45) is 4.99 Å². The number of aliphatic imine (C=N–C) groups is 1. The number of amides is 1. The van der Waals surface area contributed by atoms with Crippen molar-refractivity contribution in [3.8, 4) is 5.75 Å². The van der Waals surface area contributed by atoms with Gasteiger partial charge in [-0.25, -0.2) is 0 Å². The maximum absolute atomic E-state index is 12.1. The minimum absolute atomic E-state index is 0.0333. The van der Waals surface area contributed by atoms with Gasteiger partial charge in [-0.05, 0) is 49.6 Å². The molecular formula is C23H32N4O2. The molecule has 6 heteroatoms. The predicted molar refractivity (Wildman–Crippen MR) is 118 cm³/mol. The number of carbonyl (C=O) groups excluding carboxylic acids is 1. The van der Waals surface area contributed by atoms with Crippen molar-refractivity contribution in [3.05, 3.63) is 65.7 Å². The van der Waals surface area contributed by atoms with Gasteiger partial charge in [-0.3, -0.25) is 9.79 Å². The molecule has 0 aliphatic rings. The molecule has 3 N–H and O–H groups in total. The average Bonchev–Trinajstić information content (AvgIpc) is 2.76. The summed E-state index contributed by atoms with van der Waals surface area (Å²) in [5.74, 6) is 1.59. The first-order valence-corrected chi connectivity index (χ1v) is 10.1. The quantitative estimate of drug-likeness (QED) is 0.327. The molecule has 29 heavy (non-hydrogen) atoms. The van der Waals surface area contributed by atoms with Crippen LogP contribution in [0.15, 0.2) is 59.6 Å².